The first-order valence-corrected chi connectivity index (χ1v) is 9.90. The fourth-order valence-electron chi connectivity index (χ4n) is 4.11. The van der Waals surface area contributed by atoms with E-state index in [1.807, 2.05) is 29.1 Å². The Bertz CT molecular complexity index is 764. The molecule has 0 spiro atoms. The molecule has 4 rings (SSSR count). The summed E-state index contributed by atoms with van der Waals surface area (Å²) in [4.78, 5) is 18.7. The van der Waals surface area contributed by atoms with Gasteiger partial charge in [-0.3, -0.25) is 9.80 Å². The smallest absolute Gasteiger partial charge is 0.225 e. The van der Waals surface area contributed by atoms with Gasteiger partial charge < -0.3 is 14.9 Å². The Hall–Kier alpha value is -1.99. The fourth-order valence-corrected chi connectivity index (χ4v) is 4.24. The molecule has 1 unspecified atom stereocenters. The van der Waals surface area contributed by atoms with Gasteiger partial charge in [-0.05, 0) is 38.3 Å². The van der Waals surface area contributed by atoms with Crippen molar-refractivity contribution < 1.29 is 9.90 Å². The lowest BCUT2D eigenvalue weighted by molar-refractivity contribution is -0.136. The van der Waals surface area contributed by atoms with Gasteiger partial charge in [-0.25, -0.2) is 0 Å². The summed E-state index contributed by atoms with van der Waals surface area (Å²) in [5.41, 5.74) is 0.494. The van der Waals surface area contributed by atoms with Crippen LogP contribution < -0.4 is 5.01 Å². The number of β-amino-alcohol motifs (C(OH)–C–C–N with tert-alkyl or cyclic N) is 1. The van der Waals surface area contributed by atoms with E-state index >= 15 is 0 Å². The van der Waals surface area contributed by atoms with Gasteiger partial charge in [0, 0.05) is 44.0 Å². The third-order valence-electron chi connectivity index (χ3n) is 5.69. The minimum atomic E-state index is -0.728. The predicted octanol–water partition coefficient (Wildman–Crippen LogP) is 1.58. The second-order valence-corrected chi connectivity index (χ2v) is 8.38. The molecule has 27 heavy (non-hydrogen) atoms. The molecule has 1 aromatic rings. The van der Waals surface area contributed by atoms with Gasteiger partial charge in [0.1, 0.15) is 0 Å². The summed E-state index contributed by atoms with van der Waals surface area (Å²) in [7, 11) is 0. The van der Waals surface area contributed by atoms with E-state index in [-0.39, 0.29) is 11.8 Å². The zero-order valence-corrected chi connectivity index (χ0v) is 16.3. The Morgan fingerprint density at radius 2 is 2.11 bits per heavy atom. The first-order chi connectivity index (χ1) is 12.9. The Morgan fingerprint density at radius 1 is 1.33 bits per heavy atom. The predicted molar refractivity (Wildman–Crippen MR) is 104 cm³/mol. The standard InChI is InChI=1S/C19H26ClN5O2/c1-19(27)6-10-23(14-19)18(26)15-4-8-22(9-5-15)17-3-2-7-24(13-17)25-12-16(20)11-21-25/h2-3,7,11-12,15,27H,4-6,8-10,13-14H2,1H3. The van der Waals surface area contributed by atoms with E-state index in [9.17, 15) is 9.90 Å². The van der Waals surface area contributed by atoms with Gasteiger partial charge in [-0.2, -0.15) is 9.89 Å². The van der Waals surface area contributed by atoms with E-state index in [0.29, 0.717) is 24.5 Å². The highest BCUT2D eigenvalue weighted by Gasteiger charge is 2.37. The SMILES string of the molecule is CC1(O)CCN(C(=O)C2CCN(C3=CC=CN(n4cc(Cl)cn4)C3)CC2)C1. The summed E-state index contributed by atoms with van der Waals surface area (Å²) in [5, 5.41) is 17.0. The molecule has 1 N–H and O–H groups in total. The zero-order valence-electron chi connectivity index (χ0n) is 15.6. The van der Waals surface area contributed by atoms with Crippen molar-refractivity contribution in [1.82, 2.24) is 19.7 Å². The molecule has 1 amide bonds. The van der Waals surface area contributed by atoms with Crippen LogP contribution in [0.25, 0.3) is 0 Å². The number of hydrogen-bond acceptors (Lipinski definition) is 5. The normalized spacial score (nSPS) is 26.6. The molecule has 3 aliphatic heterocycles. The van der Waals surface area contributed by atoms with E-state index in [1.54, 1.807) is 17.2 Å². The van der Waals surface area contributed by atoms with E-state index in [4.69, 9.17) is 11.6 Å². The summed E-state index contributed by atoms with van der Waals surface area (Å²) in [5.74, 6) is 0.272. The molecule has 2 saturated heterocycles. The van der Waals surface area contributed by atoms with E-state index in [0.717, 1.165) is 32.5 Å². The highest BCUT2D eigenvalue weighted by Crippen LogP contribution is 2.27. The van der Waals surface area contributed by atoms with Crippen LogP contribution in [-0.4, -0.2) is 69.0 Å². The Labute approximate surface area is 164 Å². The first-order valence-electron chi connectivity index (χ1n) is 9.52. The van der Waals surface area contributed by atoms with Crippen LogP contribution in [0.2, 0.25) is 5.02 Å². The maximum Gasteiger partial charge on any atom is 0.225 e. The fraction of sp³-hybridized carbons (Fsp3) is 0.579. The van der Waals surface area contributed by atoms with Crippen LogP contribution >= 0.6 is 11.6 Å². The molecular weight excluding hydrogens is 366 g/mol. The maximum atomic E-state index is 12.7. The van der Waals surface area contributed by atoms with Crippen molar-refractivity contribution >= 4 is 17.5 Å². The molecule has 146 valence electrons. The topological polar surface area (TPSA) is 64.8 Å². The number of carbonyl (C=O) groups excluding carboxylic acids is 1. The Balaban J connectivity index is 1.32. The number of nitrogens with zero attached hydrogens (tertiary/aromatic N) is 5. The number of allylic oxidation sites excluding steroid dienone is 2. The summed E-state index contributed by atoms with van der Waals surface area (Å²) >= 11 is 5.97. The maximum absolute atomic E-state index is 12.7. The van der Waals surface area contributed by atoms with Crippen LogP contribution in [0, 0.1) is 5.92 Å². The summed E-state index contributed by atoms with van der Waals surface area (Å²) < 4.78 is 0. The van der Waals surface area contributed by atoms with Crippen molar-refractivity contribution in [3.8, 4) is 0 Å². The number of halogens is 1. The second kappa shape index (κ2) is 7.20. The number of aromatic nitrogens is 2. The first kappa shape index (κ1) is 18.4. The summed E-state index contributed by atoms with van der Waals surface area (Å²) in [6.45, 7) is 5.40. The van der Waals surface area contributed by atoms with Crippen LogP contribution in [0.4, 0.5) is 0 Å². The van der Waals surface area contributed by atoms with Crippen molar-refractivity contribution in [3.05, 3.63) is 41.5 Å². The lowest BCUT2D eigenvalue weighted by atomic mass is 9.94. The highest BCUT2D eigenvalue weighted by atomic mass is 35.5. The molecule has 0 aromatic carbocycles. The molecule has 3 aliphatic rings. The molecule has 7 nitrogen and oxygen atoms in total. The monoisotopic (exact) mass is 391 g/mol. The average Bonchev–Trinajstić information content (AvgIpc) is 3.26. The minimum absolute atomic E-state index is 0.0657. The third kappa shape index (κ3) is 3.99. The molecule has 0 aliphatic carbocycles. The zero-order chi connectivity index (χ0) is 19.0. The third-order valence-corrected chi connectivity index (χ3v) is 5.88. The van der Waals surface area contributed by atoms with Crippen molar-refractivity contribution in [2.45, 2.75) is 31.8 Å². The van der Waals surface area contributed by atoms with Gasteiger partial charge in [0.25, 0.3) is 0 Å². The molecule has 0 bridgehead atoms. The van der Waals surface area contributed by atoms with Crippen molar-refractivity contribution in [1.29, 1.82) is 0 Å². The number of hydrogen-bond donors (Lipinski definition) is 1. The van der Waals surface area contributed by atoms with Crippen LogP contribution in [0.1, 0.15) is 26.2 Å². The summed E-state index contributed by atoms with van der Waals surface area (Å²) in [6.07, 6.45) is 11.9. The molecule has 2 fully saturated rings. The molecule has 8 heteroatoms. The van der Waals surface area contributed by atoms with Gasteiger partial charge in [-0.1, -0.05) is 11.6 Å². The molecule has 1 aromatic heterocycles. The molecule has 0 radical (unpaired) electrons. The lowest BCUT2D eigenvalue weighted by Crippen LogP contribution is -2.45. The largest absolute Gasteiger partial charge is 0.388 e. The second-order valence-electron chi connectivity index (χ2n) is 7.94. The van der Waals surface area contributed by atoms with Crippen LogP contribution in [0.15, 0.2) is 36.4 Å². The van der Waals surface area contributed by atoms with E-state index in [2.05, 4.69) is 16.1 Å². The van der Waals surface area contributed by atoms with Crippen LogP contribution in [0.5, 0.6) is 0 Å². The molecule has 1 atom stereocenters. The van der Waals surface area contributed by atoms with Gasteiger partial charge in [0.05, 0.1) is 29.6 Å². The number of likely N-dealkylation sites (tertiary alicyclic amines) is 2. The van der Waals surface area contributed by atoms with Crippen LogP contribution in [0.3, 0.4) is 0 Å². The number of carbonyl (C=O) groups is 1. The quantitative estimate of drug-likeness (QED) is 0.847. The van der Waals surface area contributed by atoms with E-state index in [1.165, 1.54) is 5.70 Å². The minimum Gasteiger partial charge on any atom is -0.388 e. The number of amides is 1. The van der Waals surface area contributed by atoms with Gasteiger partial charge in [0.15, 0.2) is 0 Å². The van der Waals surface area contributed by atoms with Crippen LogP contribution in [-0.2, 0) is 4.79 Å². The molecule has 4 heterocycles. The average molecular weight is 392 g/mol. The summed E-state index contributed by atoms with van der Waals surface area (Å²) in [6, 6.07) is 0. The highest BCUT2D eigenvalue weighted by molar-refractivity contribution is 6.30. The number of aliphatic hydroxyl groups is 1. The molecule has 0 saturated carbocycles. The number of piperidine rings is 1. The lowest BCUT2D eigenvalue weighted by Gasteiger charge is -2.38. The number of rotatable bonds is 3. The Kier molecular flexibility index (Phi) is 4.90. The molecular formula is C19H26ClN5O2. The van der Waals surface area contributed by atoms with Gasteiger partial charge in [-0.15, -0.1) is 0 Å². The van der Waals surface area contributed by atoms with Gasteiger partial charge >= 0.3 is 0 Å². The van der Waals surface area contributed by atoms with Crippen molar-refractivity contribution in [3.63, 3.8) is 0 Å². The van der Waals surface area contributed by atoms with Gasteiger partial charge in [0.2, 0.25) is 5.91 Å². The van der Waals surface area contributed by atoms with E-state index < -0.39 is 5.60 Å². The van der Waals surface area contributed by atoms with Crippen molar-refractivity contribution in [2.75, 3.05) is 37.7 Å². The van der Waals surface area contributed by atoms with Crippen molar-refractivity contribution in [2.24, 2.45) is 5.92 Å². The Morgan fingerprint density at radius 3 is 2.74 bits per heavy atom.